The Hall–Kier alpha value is -1.62. The van der Waals surface area contributed by atoms with Crippen molar-refractivity contribution < 1.29 is 4.74 Å². The number of aromatic nitrogens is 3. The highest BCUT2D eigenvalue weighted by Crippen LogP contribution is 2.16. The fourth-order valence-corrected chi connectivity index (χ4v) is 2.73. The molecule has 1 aliphatic heterocycles. The van der Waals surface area contributed by atoms with Crippen molar-refractivity contribution in [2.24, 2.45) is 0 Å². The van der Waals surface area contributed by atoms with Crippen LogP contribution in [0.2, 0.25) is 0 Å². The van der Waals surface area contributed by atoms with Crippen LogP contribution in [0.25, 0.3) is 5.65 Å². The van der Waals surface area contributed by atoms with Gasteiger partial charge in [-0.15, -0.1) is 10.2 Å². The summed E-state index contributed by atoms with van der Waals surface area (Å²) in [4.78, 5) is 2.51. The highest BCUT2D eigenvalue weighted by molar-refractivity contribution is 5.42. The predicted molar refractivity (Wildman–Crippen MR) is 73.5 cm³/mol. The molecule has 2 aromatic rings. The van der Waals surface area contributed by atoms with Gasteiger partial charge in [0.05, 0.1) is 7.11 Å². The van der Waals surface area contributed by atoms with E-state index >= 15 is 0 Å². The second kappa shape index (κ2) is 5.57. The molecule has 19 heavy (non-hydrogen) atoms. The van der Waals surface area contributed by atoms with Crippen LogP contribution in [-0.2, 0) is 6.42 Å². The molecule has 0 saturated carbocycles. The Kier molecular flexibility index (Phi) is 3.64. The molecular weight excluding hydrogens is 240 g/mol. The van der Waals surface area contributed by atoms with Crippen LogP contribution in [0, 0.1) is 0 Å². The molecule has 3 heterocycles. The molecule has 3 rings (SSSR count). The number of piperidine rings is 1. The summed E-state index contributed by atoms with van der Waals surface area (Å²) in [5.74, 6) is 1.79. The second-order valence-electron chi connectivity index (χ2n) is 5.03. The summed E-state index contributed by atoms with van der Waals surface area (Å²) in [6.45, 7) is 3.49. The lowest BCUT2D eigenvalue weighted by Gasteiger charge is -2.25. The van der Waals surface area contributed by atoms with E-state index in [0.29, 0.717) is 0 Å². The van der Waals surface area contributed by atoms with Crippen molar-refractivity contribution in [3.05, 3.63) is 24.0 Å². The average molecular weight is 260 g/mol. The van der Waals surface area contributed by atoms with E-state index in [9.17, 15) is 0 Å². The van der Waals surface area contributed by atoms with Gasteiger partial charge in [-0.05, 0) is 38.1 Å². The van der Waals surface area contributed by atoms with Crippen molar-refractivity contribution in [3.8, 4) is 5.88 Å². The molecule has 0 aliphatic carbocycles. The fourth-order valence-electron chi connectivity index (χ4n) is 2.73. The molecule has 0 radical (unpaired) electrons. The standard InChI is InChI=1S/C14H20N4O/c1-19-14-7-5-6-12-15-16-13(18(12)14)8-11-17-9-3-2-4-10-17/h5-7H,2-4,8-11H2,1H3. The molecule has 0 amide bonds. The topological polar surface area (TPSA) is 42.7 Å². The van der Waals surface area contributed by atoms with Crippen molar-refractivity contribution in [3.63, 3.8) is 0 Å². The van der Waals surface area contributed by atoms with Gasteiger partial charge < -0.3 is 9.64 Å². The number of likely N-dealkylation sites (tertiary alicyclic amines) is 1. The van der Waals surface area contributed by atoms with Gasteiger partial charge in [-0.3, -0.25) is 0 Å². The van der Waals surface area contributed by atoms with Gasteiger partial charge in [0.1, 0.15) is 5.82 Å². The molecule has 0 bridgehead atoms. The zero-order chi connectivity index (χ0) is 13.1. The highest BCUT2D eigenvalue weighted by atomic mass is 16.5. The zero-order valence-corrected chi connectivity index (χ0v) is 11.4. The van der Waals surface area contributed by atoms with E-state index in [0.717, 1.165) is 30.3 Å². The van der Waals surface area contributed by atoms with Gasteiger partial charge in [0.15, 0.2) is 5.65 Å². The van der Waals surface area contributed by atoms with Gasteiger partial charge >= 0.3 is 0 Å². The third-order valence-corrected chi connectivity index (χ3v) is 3.77. The van der Waals surface area contributed by atoms with Crippen LogP contribution in [0.5, 0.6) is 5.88 Å². The van der Waals surface area contributed by atoms with Crippen LogP contribution in [-0.4, -0.2) is 46.2 Å². The Morgan fingerprint density at radius 3 is 2.79 bits per heavy atom. The third kappa shape index (κ3) is 2.56. The minimum absolute atomic E-state index is 0.802. The van der Waals surface area contributed by atoms with Gasteiger partial charge in [-0.1, -0.05) is 12.5 Å². The predicted octanol–water partition coefficient (Wildman–Crippen LogP) is 1.77. The van der Waals surface area contributed by atoms with E-state index in [-0.39, 0.29) is 0 Å². The van der Waals surface area contributed by atoms with E-state index in [1.807, 2.05) is 22.6 Å². The van der Waals surface area contributed by atoms with Gasteiger partial charge in [-0.25, -0.2) is 4.40 Å². The number of rotatable bonds is 4. The Bertz CT molecular complexity index is 545. The number of fused-ring (bicyclic) bond motifs is 1. The minimum Gasteiger partial charge on any atom is -0.482 e. The number of methoxy groups -OCH3 is 1. The van der Waals surface area contributed by atoms with Crippen molar-refractivity contribution in [2.75, 3.05) is 26.7 Å². The van der Waals surface area contributed by atoms with E-state index in [1.165, 1.54) is 32.4 Å². The molecular formula is C14H20N4O. The molecule has 1 aliphatic rings. The molecule has 5 nitrogen and oxygen atoms in total. The summed E-state index contributed by atoms with van der Waals surface area (Å²) in [6, 6.07) is 5.85. The van der Waals surface area contributed by atoms with Gasteiger partial charge in [0.25, 0.3) is 0 Å². The number of nitrogens with zero attached hydrogens (tertiary/aromatic N) is 4. The van der Waals surface area contributed by atoms with Crippen molar-refractivity contribution >= 4 is 5.65 Å². The van der Waals surface area contributed by atoms with Crippen LogP contribution in [0.15, 0.2) is 18.2 Å². The molecule has 2 aromatic heterocycles. The van der Waals surface area contributed by atoms with Crippen molar-refractivity contribution in [1.29, 1.82) is 0 Å². The van der Waals surface area contributed by atoms with Crippen LogP contribution < -0.4 is 4.74 Å². The lowest BCUT2D eigenvalue weighted by Crippen LogP contribution is -2.31. The summed E-state index contributed by atoms with van der Waals surface area (Å²) in [5.41, 5.74) is 0.855. The van der Waals surface area contributed by atoms with Crippen LogP contribution in [0.4, 0.5) is 0 Å². The quantitative estimate of drug-likeness (QED) is 0.840. The molecule has 1 fully saturated rings. The molecule has 0 atom stereocenters. The smallest absolute Gasteiger partial charge is 0.200 e. The lowest BCUT2D eigenvalue weighted by molar-refractivity contribution is 0.230. The maximum atomic E-state index is 5.39. The first kappa shape index (κ1) is 12.4. The molecule has 0 unspecified atom stereocenters. The van der Waals surface area contributed by atoms with Gasteiger partial charge in [0.2, 0.25) is 5.88 Å². The lowest BCUT2D eigenvalue weighted by atomic mass is 10.1. The zero-order valence-electron chi connectivity index (χ0n) is 11.4. The van der Waals surface area contributed by atoms with Crippen LogP contribution >= 0.6 is 0 Å². The van der Waals surface area contributed by atoms with Gasteiger partial charge in [-0.2, -0.15) is 0 Å². The highest BCUT2D eigenvalue weighted by Gasteiger charge is 2.13. The normalized spacial score (nSPS) is 16.9. The summed E-state index contributed by atoms with van der Waals surface area (Å²) >= 11 is 0. The molecule has 0 N–H and O–H groups in total. The number of hydrogen-bond donors (Lipinski definition) is 0. The van der Waals surface area contributed by atoms with Gasteiger partial charge in [0, 0.05) is 13.0 Å². The third-order valence-electron chi connectivity index (χ3n) is 3.77. The number of ether oxygens (including phenoxy) is 1. The summed E-state index contributed by atoms with van der Waals surface area (Å²) < 4.78 is 7.39. The maximum Gasteiger partial charge on any atom is 0.200 e. The molecule has 5 heteroatoms. The number of pyridine rings is 1. The van der Waals surface area contributed by atoms with E-state index in [4.69, 9.17) is 4.74 Å². The fraction of sp³-hybridized carbons (Fsp3) is 0.571. The largest absolute Gasteiger partial charge is 0.482 e. The van der Waals surface area contributed by atoms with Crippen molar-refractivity contribution in [2.45, 2.75) is 25.7 Å². The Balaban J connectivity index is 1.77. The van der Waals surface area contributed by atoms with Crippen LogP contribution in [0.1, 0.15) is 25.1 Å². The second-order valence-corrected chi connectivity index (χ2v) is 5.03. The Morgan fingerprint density at radius 1 is 1.16 bits per heavy atom. The SMILES string of the molecule is COc1cccc2nnc(CCN3CCCCC3)n12. The molecule has 0 spiro atoms. The average Bonchev–Trinajstić information content (AvgIpc) is 2.89. The summed E-state index contributed by atoms with van der Waals surface area (Å²) in [7, 11) is 1.68. The first-order chi connectivity index (χ1) is 9.38. The minimum atomic E-state index is 0.802. The molecule has 1 saturated heterocycles. The summed E-state index contributed by atoms with van der Waals surface area (Å²) in [5, 5.41) is 8.50. The van der Waals surface area contributed by atoms with E-state index in [2.05, 4.69) is 15.1 Å². The number of hydrogen-bond acceptors (Lipinski definition) is 4. The Labute approximate surface area is 113 Å². The molecule has 102 valence electrons. The monoisotopic (exact) mass is 260 g/mol. The first-order valence-electron chi connectivity index (χ1n) is 6.98. The van der Waals surface area contributed by atoms with E-state index in [1.54, 1.807) is 7.11 Å². The molecule has 0 aromatic carbocycles. The maximum absolute atomic E-state index is 5.39. The Morgan fingerprint density at radius 2 is 2.00 bits per heavy atom. The van der Waals surface area contributed by atoms with Crippen molar-refractivity contribution in [1.82, 2.24) is 19.5 Å². The van der Waals surface area contributed by atoms with E-state index < -0.39 is 0 Å². The summed E-state index contributed by atoms with van der Waals surface area (Å²) in [6.07, 6.45) is 4.94. The first-order valence-corrected chi connectivity index (χ1v) is 6.98. The van der Waals surface area contributed by atoms with Crippen LogP contribution in [0.3, 0.4) is 0 Å².